The van der Waals surface area contributed by atoms with Crippen LogP contribution in [-0.2, 0) is 6.42 Å². The average Bonchev–Trinajstić information content (AvgIpc) is 2.23. The summed E-state index contributed by atoms with van der Waals surface area (Å²) in [5.74, 6) is 0. The summed E-state index contributed by atoms with van der Waals surface area (Å²) in [5, 5.41) is 7.10. The van der Waals surface area contributed by atoms with E-state index >= 15 is 0 Å². The van der Waals surface area contributed by atoms with E-state index in [9.17, 15) is 0 Å². The molecular formula is C13H20N2. The van der Waals surface area contributed by atoms with Crippen molar-refractivity contribution in [3.05, 3.63) is 35.9 Å². The second-order valence-corrected chi connectivity index (χ2v) is 4.25. The normalized spacial score (nSPS) is 23.1. The monoisotopic (exact) mass is 204 g/mol. The maximum Gasteiger partial charge on any atom is 0.0232 e. The Kier molecular flexibility index (Phi) is 4.18. The van der Waals surface area contributed by atoms with Crippen LogP contribution in [0.1, 0.15) is 18.4 Å². The Morgan fingerprint density at radius 1 is 1.07 bits per heavy atom. The summed E-state index contributed by atoms with van der Waals surface area (Å²) in [6.07, 6.45) is 3.72. The van der Waals surface area contributed by atoms with Crippen LogP contribution < -0.4 is 10.6 Å². The summed E-state index contributed by atoms with van der Waals surface area (Å²) in [7, 11) is 0. The van der Waals surface area contributed by atoms with Gasteiger partial charge in [-0.25, -0.2) is 0 Å². The van der Waals surface area contributed by atoms with Gasteiger partial charge in [0, 0.05) is 12.6 Å². The van der Waals surface area contributed by atoms with E-state index in [1.165, 1.54) is 31.5 Å². The Morgan fingerprint density at radius 2 is 1.87 bits per heavy atom. The molecule has 0 amide bonds. The molecule has 0 saturated carbocycles. The molecule has 1 aromatic rings. The van der Waals surface area contributed by atoms with Crippen LogP contribution in [0.2, 0.25) is 0 Å². The van der Waals surface area contributed by atoms with Crippen LogP contribution in [0.15, 0.2) is 30.3 Å². The highest BCUT2D eigenvalue weighted by Gasteiger charge is 2.10. The molecule has 15 heavy (non-hydrogen) atoms. The van der Waals surface area contributed by atoms with E-state index in [2.05, 4.69) is 41.0 Å². The lowest BCUT2D eigenvalue weighted by Gasteiger charge is -2.22. The molecule has 0 unspecified atom stereocenters. The molecule has 1 fully saturated rings. The highest BCUT2D eigenvalue weighted by Crippen LogP contribution is 2.04. The molecule has 1 aliphatic rings. The van der Waals surface area contributed by atoms with Crippen molar-refractivity contribution in [2.75, 3.05) is 19.6 Å². The molecule has 0 bridgehead atoms. The quantitative estimate of drug-likeness (QED) is 0.764. The summed E-state index contributed by atoms with van der Waals surface area (Å²) < 4.78 is 0. The molecule has 0 radical (unpaired) electrons. The standard InChI is InChI=1S/C13H20N2/c1-2-6-12(7-3-1)10-13-11-14-8-4-5-9-15-13/h1-3,6-7,13-15H,4-5,8-11H2/t13-/m0/s1. The van der Waals surface area contributed by atoms with Crippen molar-refractivity contribution in [1.29, 1.82) is 0 Å². The fourth-order valence-electron chi connectivity index (χ4n) is 2.07. The molecule has 82 valence electrons. The van der Waals surface area contributed by atoms with Crippen molar-refractivity contribution in [2.24, 2.45) is 0 Å². The third-order valence-electron chi connectivity index (χ3n) is 2.93. The Hall–Kier alpha value is -0.860. The SMILES string of the molecule is c1ccc(C[C@H]2CNCCCCN2)cc1. The lowest BCUT2D eigenvalue weighted by Crippen LogP contribution is -2.43. The number of nitrogens with one attached hydrogen (secondary N) is 2. The Bertz CT molecular complexity index is 263. The van der Waals surface area contributed by atoms with Crippen molar-refractivity contribution in [3.8, 4) is 0 Å². The molecule has 1 aromatic carbocycles. The number of benzene rings is 1. The van der Waals surface area contributed by atoms with E-state index in [1.807, 2.05) is 0 Å². The van der Waals surface area contributed by atoms with Crippen LogP contribution in [0.4, 0.5) is 0 Å². The van der Waals surface area contributed by atoms with Gasteiger partial charge in [0.05, 0.1) is 0 Å². The molecule has 0 aromatic heterocycles. The van der Waals surface area contributed by atoms with Gasteiger partial charge < -0.3 is 10.6 Å². The highest BCUT2D eigenvalue weighted by molar-refractivity contribution is 5.16. The third kappa shape index (κ3) is 3.65. The second kappa shape index (κ2) is 5.89. The van der Waals surface area contributed by atoms with Crippen molar-refractivity contribution >= 4 is 0 Å². The fourth-order valence-corrected chi connectivity index (χ4v) is 2.07. The van der Waals surface area contributed by atoms with Gasteiger partial charge in [-0.05, 0) is 37.9 Å². The van der Waals surface area contributed by atoms with Crippen LogP contribution in [0.3, 0.4) is 0 Å². The zero-order valence-corrected chi connectivity index (χ0v) is 9.21. The summed E-state index contributed by atoms with van der Waals surface area (Å²) in [6, 6.07) is 11.3. The molecule has 2 nitrogen and oxygen atoms in total. The largest absolute Gasteiger partial charge is 0.315 e. The van der Waals surface area contributed by atoms with E-state index in [0.717, 1.165) is 13.0 Å². The van der Waals surface area contributed by atoms with E-state index in [1.54, 1.807) is 0 Å². The smallest absolute Gasteiger partial charge is 0.0232 e. The molecule has 1 heterocycles. The molecule has 2 heteroatoms. The first-order chi connectivity index (χ1) is 7.45. The molecule has 0 aliphatic carbocycles. The Labute approximate surface area is 92.1 Å². The first-order valence-corrected chi connectivity index (χ1v) is 5.93. The highest BCUT2D eigenvalue weighted by atomic mass is 15.0. The predicted octanol–water partition coefficient (Wildman–Crippen LogP) is 1.57. The van der Waals surface area contributed by atoms with Crippen LogP contribution in [0.5, 0.6) is 0 Å². The van der Waals surface area contributed by atoms with Crippen LogP contribution in [0.25, 0.3) is 0 Å². The van der Waals surface area contributed by atoms with Gasteiger partial charge in [0.2, 0.25) is 0 Å². The van der Waals surface area contributed by atoms with Crippen LogP contribution in [0, 0.1) is 0 Å². The van der Waals surface area contributed by atoms with Crippen LogP contribution >= 0.6 is 0 Å². The Balaban J connectivity index is 1.86. The zero-order valence-electron chi connectivity index (χ0n) is 9.21. The van der Waals surface area contributed by atoms with Crippen LogP contribution in [-0.4, -0.2) is 25.7 Å². The maximum absolute atomic E-state index is 3.61. The second-order valence-electron chi connectivity index (χ2n) is 4.25. The minimum Gasteiger partial charge on any atom is -0.315 e. The van der Waals surface area contributed by atoms with Crippen molar-refractivity contribution in [2.45, 2.75) is 25.3 Å². The zero-order chi connectivity index (χ0) is 10.3. The molecule has 1 saturated heterocycles. The van der Waals surface area contributed by atoms with Gasteiger partial charge in [0.25, 0.3) is 0 Å². The third-order valence-corrected chi connectivity index (χ3v) is 2.93. The van der Waals surface area contributed by atoms with E-state index in [4.69, 9.17) is 0 Å². The lowest BCUT2D eigenvalue weighted by molar-refractivity contribution is 0.429. The van der Waals surface area contributed by atoms with E-state index < -0.39 is 0 Å². The van der Waals surface area contributed by atoms with Gasteiger partial charge in [-0.2, -0.15) is 0 Å². The lowest BCUT2D eigenvalue weighted by atomic mass is 10.0. The first kappa shape index (κ1) is 10.7. The summed E-state index contributed by atoms with van der Waals surface area (Å²) in [6.45, 7) is 3.43. The van der Waals surface area contributed by atoms with Gasteiger partial charge in [0.15, 0.2) is 0 Å². The number of rotatable bonds is 2. The van der Waals surface area contributed by atoms with Gasteiger partial charge in [-0.3, -0.25) is 0 Å². The van der Waals surface area contributed by atoms with Crippen molar-refractivity contribution < 1.29 is 0 Å². The van der Waals surface area contributed by atoms with E-state index in [-0.39, 0.29) is 0 Å². The minimum atomic E-state index is 0.590. The molecule has 2 N–H and O–H groups in total. The topological polar surface area (TPSA) is 24.1 Å². The maximum atomic E-state index is 3.61. The van der Waals surface area contributed by atoms with Gasteiger partial charge in [-0.1, -0.05) is 30.3 Å². The average molecular weight is 204 g/mol. The molecule has 1 aliphatic heterocycles. The molecule has 0 spiro atoms. The number of hydrogen-bond acceptors (Lipinski definition) is 2. The van der Waals surface area contributed by atoms with Gasteiger partial charge in [0.1, 0.15) is 0 Å². The van der Waals surface area contributed by atoms with Gasteiger partial charge in [-0.15, -0.1) is 0 Å². The minimum absolute atomic E-state index is 0.590. The molecule has 2 rings (SSSR count). The molecule has 1 atom stereocenters. The van der Waals surface area contributed by atoms with E-state index in [0.29, 0.717) is 6.04 Å². The van der Waals surface area contributed by atoms with Crippen molar-refractivity contribution in [3.63, 3.8) is 0 Å². The summed E-state index contributed by atoms with van der Waals surface area (Å²) in [5.41, 5.74) is 1.43. The first-order valence-electron chi connectivity index (χ1n) is 5.93. The number of hydrogen-bond donors (Lipinski definition) is 2. The summed E-state index contributed by atoms with van der Waals surface area (Å²) >= 11 is 0. The molecular weight excluding hydrogens is 184 g/mol. The summed E-state index contributed by atoms with van der Waals surface area (Å²) in [4.78, 5) is 0. The van der Waals surface area contributed by atoms with Crippen molar-refractivity contribution in [1.82, 2.24) is 10.6 Å². The fraction of sp³-hybridized carbons (Fsp3) is 0.538. The Morgan fingerprint density at radius 3 is 2.73 bits per heavy atom. The predicted molar refractivity (Wildman–Crippen MR) is 64.0 cm³/mol. The van der Waals surface area contributed by atoms with Gasteiger partial charge >= 0.3 is 0 Å².